The summed E-state index contributed by atoms with van der Waals surface area (Å²) in [4.78, 5) is 18.5. The molecule has 204 valence electrons. The molecule has 1 heterocycles. The third-order valence-corrected chi connectivity index (χ3v) is 6.23. The van der Waals surface area contributed by atoms with Crippen molar-refractivity contribution in [1.29, 1.82) is 0 Å². The number of thioether (sulfide) groups is 1. The molecule has 7 nitrogen and oxygen atoms in total. The zero-order chi connectivity index (χ0) is 28.6. The maximum Gasteiger partial charge on any atom is 0.229 e. The van der Waals surface area contributed by atoms with Gasteiger partial charge in [0.25, 0.3) is 0 Å². The molecule has 2 aromatic rings. The van der Waals surface area contributed by atoms with Crippen LogP contribution in [-0.4, -0.2) is 22.8 Å². The smallest absolute Gasteiger partial charge is 0.229 e. The highest BCUT2D eigenvalue weighted by Crippen LogP contribution is 2.26. The minimum atomic E-state index is -0.168. The average molecular weight is 544 g/mol. The van der Waals surface area contributed by atoms with Gasteiger partial charge in [0, 0.05) is 25.3 Å². The fourth-order valence-electron chi connectivity index (χ4n) is 3.60. The third-order valence-electron chi connectivity index (χ3n) is 5.39. The number of nitrogens with zero attached hydrogens (tertiary/aromatic N) is 3. The third kappa shape index (κ3) is 12.8. The topological polar surface area (TPSA) is 88.5 Å². The van der Waals surface area contributed by atoms with Gasteiger partial charge in [-0.2, -0.15) is 5.10 Å². The Balaban J connectivity index is 1.70. The van der Waals surface area contributed by atoms with Crippen molar-refractivity contribution in [2.45, 2.75) is 44.9 Å². The summed E-state index contributed by atoms with van der Waals surface area (Å²) in [7, 11) is 0. The van der Waals surface area contributed by atoms with E-state index in [1.807, 2.05) is 30.3 Å². The Kier molecular flexibility index (Phi) is 13.2. The second kappa shape index (κ2) is 16.6. The molecule has 0 unspecified atom stereocenters. The predicted molar refractivity (Wildman–Crippen MR) is 164 cm³/mol. The number of aryl methyl sites for hydroxylation is 1. The zero-order valence-corrected chi connectivity index (χ0v) is 23.3. The lowest BCUT2D eigenvalue weighted by atomic mass is 10.1. The Morgan fingerprint density at radius 1 is 1.03 bits per heavy atom. The monoisotopic (exact) mass is 543 g/mol. The molecule has 0 bridgehead atoms. The Morgan fingerprint density at radius 2 is 1.77 bits per heavy atom. The number of nitrogens with one attached hydrogen (secondary N) is 2. The van der Waals surface area contributed by atoms with Gasteiger partial charge in [-0.15, -0.1) is 5.10 Å². The number of amides is 1. The molecule has 0 atom stereocenters. The lowest BCUT2D eigenvalue weighted by Gasteiger charge is -2.13. The fourth-order valence-corrected chi connectivity index (χ4v) is 4.39. The number of benzene rings is 1. The first kappa shape index (κ1) is 31.1. The van der Waals surface area contributed by atoms with Crippen LogP contribution in [-0.2, 0) is 28.9 Å². The molecule has 0 aliphatic carbocycles. The molecule has 1 amide bonds. The summed E-state index contributed by atoms with van der Waals surface area (Å²) < 4.78 is 0. The van der Waals surface area contributed by atoms with Crippen molar-refractivity contribution in [3.05, 3.63) is 126 Å². The van der Waals surface area contributed by atoms with Crippen molar-refractivity contribution >= 4 is 30.2 Å². The van der Waals surface area contributed by atoms with Crippen molar-refractivity contribution in [3.63, 3.8) is 0 Å². The van der Waals surface area contributed by atoms with Crippen LogP contribution in [0.4, 0.5) is 5.82 Å². The molecule has 0 saturated carbocycles. The van der Waals surface area contributed by atoms with Gasteiger partial charge < -0.3 is 15.5 Å². The largest absolute Gasteiger partial charge is 0.362 e. The summed E-state index contributed by atoms with van der Waals surface area (Å²) in [5.74, 6) is 0.740. The van der Waals surface area contributed by atoms with Crippen molar-refractivity contribution < 1.29 is 9.63 Å². The molecule has 0 spiro atoms. The van der Waals surface area contributed by atoms with Crippen molar-refractivity contribution in [3.8, 4) is 0 Å². The van der Waals surface area contributed by atoms with E-state index < -0.39 is 0 Å². The van der Waals surface area contributed by atoms with E-state index in [0.717, 1.165) is 63.7 Å². The first-order valence-corrected chi connectivity index (χ1v) is 13.3. The van der Waals surface area contributed by atoms with Crippen LogP contribution in [0.2, 0.25) is 0 Å². The Hall–Kier alpha value is -4.17. The number of anilines is 1. The number of hydrogen-bond acceptors (Lipinski definition) is 7. The first-order valence-electron chi connectivity index (χ1n) is 12.5. The van der Waals surface area contributed by atoms with E-state index in [1.165, 1.54) is 11.8 Å². The number of oxime groups is 1. The molecule has 0 saturated heterocycles. The standard InChI is InChI=1S/C31H37N5O2S/c1-8-22(2)18-23(3)33-26(6)39-25(5)12-9-10-15-29-16-17-30(36-35-29)34-31(37)21-28-14-11-13-27(20-28)19-24(4)38-32-7/h8,11,13-14,16-17,20,33H,1-7,9-10,12,15,18-19,21H2,(H,34,36,37). The van der Waals surface area contributed by atoms with Gasteiger partial charge in [-0.05, 0) is 59.4 Å². The fraction of sp³-hybridized carbons (Fsp3) is 0.226. The molecule has 2 N–H and O–H groups in total. The molecule has 2 rings (SSSR count). The molecule has 1 aromatic heterocycles. The SMILES string of the molecule is C=CC(=C)CC(=C)NC(=C)SC(=C)CCCCc1ccc(NC(=O)Cc2cccc(CC(=C)ON=C)c2)nn1. The van der Waals surface area contributed by atoms with Gasteiger partial charge in [0.2, 0.25) is 5.91 Å². The normalized spacial score (nSPS) is 10.2. The number of unbranched alkanes of at least 4 members (excludes halogenated alkanes) is 1. The highest BCUT2D eigenvalue weighted by molar-refractivity contribution is 8.06. The molecular formula is C31H37N5O2S. The lowest BCUT2D eigenvalue weighted by Crippen LogP contribution is -2.16. The summed E-state index contributed by atoms with van der Waals surface area (Å²) in [6, 6.07) is 11.3. The molecule has 0 aliphatic heterocycles. The summed E-state index contributed by atoms with van der Waals surface area (Å²) in [6.45, 7) is 26.8. The average Bonchev–Trinajstić information content (AvgIpc) is 2.87. The van der Waals surface area contributed by atoms with E-state index in [4.69, 9.17) is 4.84 Å². The van der Waals surface area contributed by atoms with E-state index in [1.54, 1.807) is 12.1 Å². The number of rotatable bonds is 19. The predicted octanol–water partition coefficient (Wildman–Crippen LogP) is 7.01. The number of allylic oxidation sites excluding steroid dienone is 4. The first-order chi connectivity index (χ1) is 18.7. The molecule has 0 aliphatic rings. The molecule has 0 fully saturated rings. The van der Waals surface area contributed by atoms with Crippen LogP contribution in [0.15, 0.2) is 114 Å². The summed E-state index contributed by atoms with van der Waals surface area (Å²) >= 11 is 1.52. The van der Waals surface area contributed by atoms with E-state index in [0.29, 0.717) is 24.4 Å². The number of aromatic nitrogens is 2. The highest BCUT2D eigenvalue weighted by atomic mass is 32.2. The number of carbonyl (C=O) groups excluding carboxylic acids is 1. The van der Waals surface area contributed by atoms with E-state index in [-0.39, 0.29) is 12.3 Å². The Bertz CT molecular complexity index is 1230. The number of carbonyl (C=O) groups is 1. The molecular weight excluding hydrogens is 506 g/mol. The van der Waals surface area contributed by atoms with E-state index in [2.05, 4.69) is 72.2 Å². The molecule has 8 heteroatoms. The molecule has 1 aromatic carbocycles. The van der Waals surface area contributed by atoms with Crippen LogP contribution in [0, 0.1) is 0 Å². The quantitative estimate of drug-likeness (QED) is 0.0651. The summed E-state index contributed by atoms with van der Waals surface area (Å²) in [5, 5.41) is 18.6. The van der Waals surface area contributed by atoms with Gasteiger partial charge in [0.1, 0.15) is 5.76 Å². The number of hydrogen-bond donors (Lipinski definition) is 2. The van der Waals surface area contributed by atoms with Crippen LogP contribution < -0.4 is 10.6 Å². The zero-order valence-electron chi connectivity index (χ0n) is 22.5. The Labute approximate surface area is 236 Å². The van der Waals surface area contributed by atoms with Crippen LogP contribution >= 0.6 is 11.8 Å². The van der Waals surface area contributed by atoms with Gasteiger partial charge in [-0.3, -0.25) is 4.79 Å². The maximum atomic E-state index is 12.5. The summed E-state index contributed by atoms with van der Waals surface area (Å²) in [6.07, 6.45) is 6.63. The Morgan fingerprint density at radius 3 is 2.44 bits per heavy atom. The van der Waals surface area contributed by atoms with E-state index >= 15 is 0 Å². The molecule has 39 heavy (non-hydrogen) atoms. The van der Waals surface area contributed by atoms with Crippen LogP contribution in [0.5, 0.6) is 0 Å². The summed E-state index contributed by atoms with van der Waals surface area (Å²) in [5.41, 5.74) is 4.45. The lowest BCUT2D eigenvalue weighted by molar-refractivity contribution is -0.115. The van der Waals surface area contributed by atoms with Gasteiger partial charge in [-0.25, -0.2) is 0 Å². The van der Waals surface area contributed by atoms with Gasteiger partial charge in [0.05, 0.1) is 17.1 Å². The van der Waals surface area contributed by atoms with Crippen molar-refractivity contribution in [1.82, 2.24) is 15.5 Å². The minimum Gasteiger partial charge on any atom is -0.362 e. The highest BCUT2D eigenvalue weighted by Gasteiger charge is 2.08. The second-order valence-electron chi connectivity index (χ2n) is 8.93. The van der Waals surface area contributed by atoms with Crippen molar-refractivity contribution in [2.75, 3.05) is 5.32 Å². The maximum absolute atomic E-state index is 12.5. The van der Waals surface area contributed by atoms with Gasteiger partial charge in [0.15, 0.2) is 5.82 Å². The van der Waals surface area contributed by atoms with Crippen LogP contribution in [0.1, 0.15) is 42.5 Å². The van der Waals surface area contributed by atoms with Crippen molar-refractivity contribution in [2.24, 2.45) is 5.16 Å². The molecule has 0 radical (unpaired) electrons. The van der Waals surface area contributed by atoms with Crippen LogP contribution in [0.3, 0.4) is 0 Å². The van der Waals surface area contributed by atoms with E-state index in [9.17, 15) is 4.79 Å². The second-order valence-corrected chi connectivity index (χ2v) is 10.2. The minimum absolute atomic E-state index is 0.168. The van der Waals surface area contributed by atoms with Gasteiger partial charge in [-0.1, -0.05) is 86.7 Å². The van der Waals surface area contributed by atoms with Crippen LogP contribution in [0.25, 0.3) is 0 Å². The van der Waals surface area contributed by atoms with Gasteiger partial charge >= 0.3 is 0 Å².